The van der Waals surface area contributed by atoms with Crippen LogP contribution in [0, 0.1) is 5.82 Å². The molecule has 1 atom stereocenters. The highest BCUT2D eigenvalue weighted by atomic mass is 19.1. The van der Waals surface area contributed by atoms with Gasteiger partial charge in [-0.3, -0.25) is 9.59 Å². The average molecular weight is 420 g/mol. The van der Waals surface area contributed by atoms with Gasteiger partial charge < -0.3 is 15.0 Å². The van der Waals surface area contributed by atoms with E-state index in [1.807, 2.05) is 36.4 Å². The van der Waals surface area contributed by atoms with Crippen LogP contribution in [-0.2, 0) is 4.79 Å². The summed E-state index contributed by atoms with van der Waals surface area (Å²) in [5.41, 5.74) is 1.40. The summed E-state index contributed by atoms with van der Waals surface area (Å²) >= 11 is 0. The normalized spacial score (nSPS) is 11.4. The Balaban J connectivity index is 1.59. The molecular weight excluding hydrogens is 395 g/mol. The van der Waals surface area contributed by atoms with Crippen molar-refractivity contribution in [2.24, 2.45) is 0 Å². The van der Waals surface area contributed by atoms with Crippen LogP contribution in [0.25, 0.3) is 0 Å². The van der Waals surface area contributed by atoms with Gasteiger partial charge >= 0.3 is 0 Å². The van der Waals surface area contributed by atoms with Crippen LogP contribution in [0.1, 0.15) is 28.4 Å². The van der Waals surface area contributed by atoms with E-state index in [-0.39, 0.29) is 30.7 Å². The minimum atomic E-state index is -0.457. The monoisotopic (exact) mass is 420 g/mol. The lowest BCUT2D eigenvalue weighted by Crippen LogP contribution is -2.36. The molecular formula is C25H25FN2O3. The molecule has 0 radical (unpaired) electrons. The second kappa shape index (κ2) is 10.9. The predicted molar refractivity (Wildman–Crippen MR) is 117 cm³/mol. The summed E-state index contributed by atoms with van der Waals surface area (Å²) in [5, 5.41) is 2.97. The molecule has 0 saturated carbocycles. The van der Waals surface area contributed by atoms with E-state index in [0.717, 1.165) is 5.56 Å². The second-order valence-corrected chi connectivity index (χ2v) is 7.12. The van der Waals surface area contributed by atoms with Gasteiger partial charge in [0.05, 0.1) is 19.0 Å². The molecule has 0 fully saturated rings. The highest BCUT2D eigenvalue weighted by Gasteiger charge is 2.21. The molecule has 6 heteroatoms. The van der Waals surface area contributed by atoms with Gasteiger partial charge in [0.25, 0.3) is 5.91 Å². The van der Waals surface area contributed by atoms with Crippen molar-refractivity contribution in [2.75, 3.05) is 20.2 Å². The smallest absolute Gasteiger partial charge is 0.251 e. The van der Waals surface area contributed by atoms with Crippen molar-refractivity contribution in [3.8, 4) is 5.75 Å². The molecule has 1 unspecified atom stereocenters. The summed E-state index contributed by atoms with van der Waals surface area (Å²) in [7, 11) is 1.69. The molecule has 5 nitrogen and oxygen atoms in total. The minimum Gasteiger partial charge on any atom is -0.492 e. The summed E-state index contributed by atoms with van der Waals surface area (Å²) in [6.07, 6.45) is 0.121. The lowest BCUT2D eigenvalue weighted by molar-refractivity contribution is -0.130. The van der Waals surface area contributed by atoms with Gasteiger partial charge in [0.2, 0.25) is 5.91 Å². The standard InChI is InChI=1S/C25H25FN2O3/c1-28(16-17-31-22-14-12-21(26)13-15-22)24(29)18-23(19-8-4-2-5-9-19)27-25(30)20-10-6-3-7-11-20/h2-15,23H,16-18H2,1H3,(H,27,30). The van der Waals surface area contributed by atoms with Crippen molar-refractivity contribution >= 4 is 11.8 Å². The van der Waals surface area contributed by atoms with E-state index >= 15 is 0 Å². The zero-order valence-corrected chi connectivity index (χ0v) is 17.3. The molecule has 3 rings (SSSR count). The number of likely N-dealkylation sites (N-methyl/N-ethyl adjacent to an activating group) is 1. The lowest BCUT2D eigenvalue weighted by atomic mass is 10.0. The number of nitrogens with one attached hydrogen (secondary N) is 1. The molecule has 0 aliphatic rings. The molecule has 3 aromatic carbocycles. The SMILES string of the molecule is CN(CCOc1ccc(F)cc1)C(=O)CC(NC(=O)c1ccccc1)c1ccccc1. The summed E-state index contributed by atoms with van der Waals surface area (Å²) in [5.74, 6) is -0.141. The molecule has 0 aromatic heterocycles. The number of carbonyl (C=O) groups is 2. The van der Waals surface area contributed by atoms with E-state index in [9.17, 15) is 14.0 Å². The molecule has 0 spiro atoms. The molecule has 31 heavy (non-hydrogen) atoms. The molecule has 1 N–H and O–H groups in total. The van der Waals surface area contributed by atoms with Gasteiger partial charge in [0, 0.05) is 12.6 Å². The number of rotatable bonds is 9. The fourth-order valence-corrected chi connectivity index (χ4v) is 3.06. The van der Waals surface area contributed by atoms with Crippen molar-refractivity contribution < 1.29 is 18.7 Å². The van der Waals surface area contributed by atoms with Crippen LogP contribution in [0.15, 0.2) is 84.9 Å². The van der Waals surface area contributed by atoms with Crippen LogP contribution in [0.3, 0.4) is 0 Å². The van der Waals surface area contributed by atoms with Crippen molar-refractivity contribution in [3.63, 3.8) is 0 Å². The van der Waals surface area contributed by atoms with Crippen LogP contribution >= 0.6 is 0 Å². The number of benzene rings is 3. The number of hydrogen-bond acceptors (Lipinski definition) is 3. The summed E-state index contributed by atoms with van der Waals surface area (Å²) in [6, 6.07) is 23.6. The van der Waals surface area contributed by atoms with E-state index in [1.54, 1.807) is 48.3 Å². The largest absolute Gasteiger partial charge is 0.492 e. The van der Waals surface area contributed by atoms with Crippen LogP contribution in [-0.4, -0.2) is 36.9 Å². The minimum absolute atomic E-state index is 0.120. The van der Waals surface area contributed by atoms with Crippen LogP contribution < -0.4 is 10.1 Å². The van der Waals surface area contributed by atoms with Crippen molar-refractivity contribution in [2.45, 2.75) is 12.5 Å². The average Bonchev–Trinajstić information content (AvgIpc) is 2.81. The molecule has 0 aliphatic heterocycles. The maximum atomic E-state index is 13.0. The maximum Gasteiger partial charge on any atom is 0.251 e. The topological polar surface area (TPSA) is 58.6 Å². The van der Waals surface area contributed by atoms with Gasteiger partial charge in [-0.2, -0.15) is 0 Å². The van der Waals surface area contributed by atoms with E-state index in [1.165, 1.54) is 12.1 Å². The number of amides is 2. The second-order valence-electron chi connectivity index (χ2n) is 7.12. The number of ether oxygens (including phenoxy) is 1. The number of halogens is 1. The predicted octanol–water partition coefficient (Wildman–Crippen LogP) is 4.22. The van der Waals surface area contributed by atoms with E-state index in [0.29, 0.717) is 17.9 Å². The lowest BCUT2D eigenvalue weighted by Gasteiger charge is -2.23. The van der Waals surface area contributed by atoms with Crippen LogP contribution in [0.5, 0.6) is 5.75 Å². The number of carbonyl (C=O) groups excluding carboxylic acids is 2. The Bertz CT molecular complexity index is 979. The Morgan fingerprint density at radius 2 is 1.55 bits per heavy atom. The highest BCUT2D eigenvalue weighted by molar-refractivity contribution is 5.94. The number of nitrogens with zero attached hydrogens (tertiary/aromatic N) is 1. The quantitative estimate of drug-likeness (QED) is 0.564. The Morgan fingerprint density at radius 1 is 0.935 bits per heavy atom. The third-order valence-electron chi connectivity index (χ3n) is 4.86. The first-order valence-corrected chi connectivity index (χ1v) is 10.1. The summed E-state index contributed by atoms with van der Waals surface area (Å²) in [6.45, 7) is 0.643. The van der Waals surface area contributed by atoms with Crippen molar-refractivity contribution in [1.82, 2.24) is 10.2 Å². The molecule has 0 bridgehead atoms. The first-order chi connectivity index (χ1) is 15.0. The van der Waals surface area contributed by atoms with Gasteiger partial charge in [0.1, 0.15) is 18.2 Å². The van der Waals surface area contributed by atoms with Gasteiger partial charge in [-0.25, -0.2) is 4.39 Å². The maximum absolute atomic E-state index is 13.0. The Hall–Kier alpha value is -3.67. The summed E-state index contributed by atoms with van der Waals surface area (Å²) in [4.78, 5) is 27.0. The Morgan fingerprint density at radius 3 is 2.19 bits per heavy atom. The molecule has 2 amide bonds. The highest BCUT2D eigenvalue weighted by Crippen LogP contribution is 2.19. The van der Waals surface area contributed by atoms with Gasteiger partial charge in [-0.15, -0.1) is 0 Å². The van der Waals surface area contributed by atoms with E-state index in [2.05, 4.69) is 5.32 Å². The van der Waals surface area contributed by atoms with Gasteiger partial charge in [-0.05, 0) is 42.0 Å². The van der Waals surface area contributed by atoms with Crippen molar-refractivity contribution in [1.29, 1.82) is 0 Å². The van der Waals surface area contributed by atoms with E-state index < -0.39 is 6.04 Å². The molecule has 0 saturated heterocycles. The Labute approximate surface area is 181 Å². The fraction of sp³-hybridized carbons (Fsp3) is 0.200. The molecule has 0 heterocycles. The molecule has 160 valence electrons. The summed E-state index contributed by atoms with van der Waals surface area (Å²) < 4.78 is 18.5. The number of hydrogen-bond donors (Lipinski definition) is 1. The zero-order chi connectivity index (χ0) is 22.1. The van der Waals surface area contributed by atoms with Crippen LogP contribution in [0.2, 0.25) is 0 Å². The Kier molecular flexibility index (Phi) is 7.76. The van der Waals surface area contributed by atoms with Gasteiger partial charge in [0.15, 0.2) is 0 Å². The zero-order valence-electron chi connectivity index (χ0n) is 17.3. The van der Waals surface area contributed by atoms with Gasteiger partial charge in [-0.1, -0.05) is 48.5 Å². The van der Waals surface area contributed by atoms with Crippen LogP contribution in [0.4, 0.5) is 4.39 Å². The first kappa shape index (κ1) is 22.0. The third-order valence-corrected chi connectivity index (χ3v) is 4.86. The van der Waals surface area contributed by atoms with Crippen molar-refractivity contribution in [3.05, 3.63) is 102 Å². The van der Waals surface area contributed by atoms with E-state index in [4.69, 9.17) is 4.74 Å². The fourth-order valence-electron chi connectivity index (χ4n) is 3.06. The first-order valence-electron chi connectivity index (χ1n) is 10.1. The molecule has 0 aliphatic carbocycles. The third kappa shape index (κ3) is 6.67. The molecule has 3 aromatic rings.